The van der Waals surface area contributed by atoms with Crippen LogP contribution in [0.15, 0.2) is 0 Å². The molecule has 0 aromatic rings. The molecule has 0 amide bonds. The van der Waals surface area contributed by atoms with Crippen LogP contribution in [-0.4, -0.2) is 46.5 Å². The summed E-state index contributed by atoms with van der Waals surface area (Å²) in [5.41, 5.74) is 0. The molecule has 0 aromatic heterocycles. The molecule has 0 spiro atoms. The van der Waals surface area contributed by atoms with E-state index < -0.39 is 10.0 Å². The highest BCUT2D eigenvalue weighted by Crippen LogP contribution is 2.20. The fourth-order valence-electron chi connectivity index (χ4n) is 2.06. The number of nitrogens with one attached hydrogen (secondary N) is 1. The predicted octanol–water partition coefficient (Wildman–Crippen LogP) is 0.818. The summed E-state index contributed by atoms with van der Waals surface area (Å²) >= 11 is 0. The van der Waals surface area contributed by atoms with Crippen molar-refractivity contribution >= 4 is 16.0 Å². The molecular weight excluding hydrogens is 270 g/mol. The lowest BCUT2D eigenvalue weighted by molar-refractivity contribution is -0.140. The minimum atomic E-state index is -3.32. The molecule has 112 valence electrons. The highest BCUT2D eigenvalue weighted by atomic mass is 32.2. The zero-order valence-electron chi connectivity index (χ0n) is 11.4. The van der Waals surface area contributed by atoms with E-state index in [0.29, 0.717) is 12.7 Å². The van der Waals surface area contributed by atoms with Crippen molar-refractivity contribution in [3.8, 4) is 0 Å². The van der Waals surface area contributed by atoms with Gasteiger partial charge in [-0.25, -0.2) is 13.1 Å². The quantitative estimate of drug-likeness (QED) is 0.503. The van der Waals surface area contributed by atoms with Crippen LogP contribution in [0.2, 0.25) is 0 Å². The van der Waals surface area contributed by atoms with Crippen LogP contribution in [0.25, 0.3) is 0 Å². The van der Waals surface area contributed by atoms with Gasteiger partial charge < -0.3 is 9.47 Å². The van der Waals surface area contributed by atoms with Gasteiger partial charge in [-0.15, -0.1) is 0 Å². The first-order valence-corrected chi connectivity index (χ1v) is 8.34. The van der Waals surface area contributed by atoms with Crippen LogP contribution >= 0.6 is 0 Å². The summed E-state index contributed by atoms with van der Waals surface area (Å²) in [6.07, 6.45) is 5.23. The van der Waals surface area contributed by atoms with E-state index in [4.69, 9.17) is 4.74 Å². The molecule has 1 saturated carbocycles. The Kier molecular flexibility index (Phi) is 7.33. The van der Waals surface area contributed by atoms with Gasteiger partial charge >= 0.3 is 5.97 Å². The Morgan fingerprint density at radius 1 is 1.32 bits per heavy atom. The molecule has 0 heterocycles. The molecule has 0 aliphatic heterocycles. The molecule has 0 unspecified atom stereocenters. The Hall–Kier alpha value is -0.660. The average molecular weight is 293 g/mol. The van der Waals surface area contributed by atoms with Gasteiger partial charge in [0.05, 0.1) is 25.6 Å². The van der Waals surface area contributed by atoms with E-state index >= 15 is 0 Å². The lowest BCUT2D eigenvalue weighted by atomic mass is 10.3. The van der Waals surface area contributed by atoms with Crippen LogP contribution in [-0.2, 0) is 24.3 Å². The van der Waals surface area contributed by atoms with Gasteiger partial charge in [0.1, 0.15) is 0 Å². The van der Waals surface area contributed by atoms with Gasteiger partial charge in [-0.05, 0) is 19.3 Å². The van der Waals surface area contributed by atoms with Gasteiger partial charge in [-0.3, -0.25) is 4.79 Å². The van der Waals surface area contributed by atoms with Crippen LogP contribution < -0.4 is 4.72 Å². The molecule has 0 radical (unpaired) electrons. The van der Waals surface area contributed by atoms with E-state index in [1.54, 1.807) is 0 Å². The molecule has 1 aliphatic rings. The lowest BCUT2D eigenvalue weighted by Gasteiger charge is -2.11. The van der Waals surface area contributed by atoms with Crippen LogP contribution in [0.1, 0.15) is 38.5 Å². The molecule has 0 aromatic carbocycles. The molecular formula is C12H23NO5S. The third-order valence-electron chi connectivity index (χ3n) is 3.10. The molecule has 1 rings (SSSR count). The molecule has 7 heteroatoms. The predicted molar refractivity (Wildman–Crippen MR) is 71.2 cm³/mol. The Morgan fingerprint density at radius 2 is 2.00 bits per heavy atom. The summed E-state index contributed by atoms with van der Waals surface area (Å²) in [5, 5.41) is 0. The first-order valence-electron chi connectivity index (χ1n) is 6.69. The average Bonchev–Trinajstić information content (AvgIpc) is 2.87. The van der Waals surface area contributed by atoms with Gasteiger partial charge in [-0.2, -0.15) is 0 Å². The Labute approximate surface area is 114 Å². The van der Waals surface area contributed by atoms with Crippen molar-refractivity contribution in [2.75, 3.05) is 26.0 Å². The first-order chi connectivity index (χ1) is 9.03. The topological polar surface area (TPSA) is 81.7 Å². The summed E-state index contributed by atoms with van der Waals surface area (Å²) in [5.74, 6) is -0.453. The monoisotopic (exact) mass is 293 g/mol. The molecule has 0 bridgehead atoms. The second-order valence-electron chi connectivity index (χ2n) is 4.67. The maximum Gasteiger partial charge on any atom is 0.305 e. The third-order valence-corrected chi connectivity index (χ3v) is 4.57. The fraction of sp³-hybridized carbons (Fsp3) is 0.917. The van der Waals surface area contributed by atoms with E-state index in [9.17, 15) is 13.2 Å². The Morgan fingerprint density at radius 3 is 2.63 bits per heavy atom. The number of esters is 1. The number of hydrogen-bond acceptors (Lipinski definition) is 5. The largest absolute Gasteiger partial charge is 0.469 e. The maximum absolute atomic E-state index is 11.6. The Balaban J connectivity index is 2.07. The van der Waals surface area contributed by atoms with E-state index in [-0.39, 0.29) is 31.1 Å². The van der Waals surface area contributed by atoms with Crippen molar-refractivity contribution in [1.82, 2.24) is 4.72 Å². The van der Waals surface area contributed by atoms with Crippen LogP contribution in [0.5, 0.6) is 0 Å². The number of carbonyl (C=O) groups is 1. The Bertz CT molecular complexity index is 362. The van der Waals surface area contributed by atoms with Crippen LogP contribution in [0.3, 0.4) is 0 Å². The molecule has 1 fully saturated rings. The van der Waals surface area contributed by atoms with Crippen molar-refractivity contribution in [2.24, 2.45) is 0 Å². The van der Waals surface area contributed by atoms with Gasteiger partial charge in [0.25, 0.3) is 0 Å². The number of sulfonamides is 1. The number of hydrogen-bond donors (Lipinski definition) is 1. The SMILES string of the molecule is COC(=O)CCCS(=O)(=O)NCCOC1CCCC1. The molecule has 19 heavy (non-hydrogen) atoms. The molecule has 1 N–H and O–H groups in total. The van der Waals surface area contributed by atoms with Crippen molar-refractivity contribution in [3.63, 3.8) is 0 Å². The number of rotatable bonds is 9. The summed E-state index contributed by atoms with van der Waals surface area (Å²) in [7, 11) is -2.03. The summed E-state index contributed by atoms with van der Waals surface area (Å²) in [6.45, 7) is 0.692. The van der Waals surface area contributed by atoms with E-state index in [1.165, 1.54) is 20.0 Å². The number of methoxy groups -OCH3 is 1. The van der Waals surface area contributed by atoms with Gasteiger partial charge in [-0.1, -0.05) is 12.8 Å². The summed E-state index contributed by atoms with van der Waals surface area (Å²) < 4.78 is 35.6. The highest BCUT2D eigenvalue weighted by Gasteiger charge is 2.15. The third kappa shape index (κ3) is 7.49. The van der Waals surface area contributed by atoms with E-state index in [2.05, 4.69) is 9.46 Å². The van der Waals surface area contributed by atoms with Crippen molar-refractivity contribution in [3.05, 3.63) is 0 Å². The standard InChI is InChI=1S/C12H23NO5S/c1-17-12(14)7-4-10-19(15,16)13-8-9-18-11-5-2-3-6-11/h11,13H,2-10H2,1H3. The number of ether oxygens (including phenoxy) is 2. The molecule has 1 aliphatic carbocycles. The highest BCUT2D eigenvalue weighted by molar-refractivity contribution is 7.89. The number of carbonyl (C=O) groups excluding carboxylic acids is 1. The van der Waals surface area contributed by atoms with Gasteiger partial charge in [0.2, 0.25) is 10.0 Å². The van der Waals surface area contributed by atoms with Gasteiger partial charge in [0, 0.05) is 13.0 Å². The minimum absolute atomic E-state index is 0.0640. The lowest BCUT2D eigenvalue weighted by Crippen LogP contribution is -2.30. The smallest absolute Gasteiger partial charge is 0.305 e. The van der Waals surface area contributed by atoms with E-state index in [0.717, 1.165) is 12.8 Å². The summed E-state index contributed by atoms with van der Waals surface area (Å²) in [4.78, 5) is 10.8. The van der Waals surface area contributed by atoms with Gasteiger partial charge in [0.15, 0.2) is 0 Å². The zero-order chi connectivity index (χ0) is 14.1. The van der Waals surface area contributed by atoms with Crippen LogP contribution in [0, 0.1) is 0 Å². The van der Waals surface area contributed by atoms with E-state index in [1.807, 2.05) is 0 Å². The minimum Gasteiger partial charge on any atom is -0.469 e. The second kappa shape index (κ2) is 8.50. The van der Waals surface area contributed by atoms with Crippen molar-refractivity contribution < 1.29 is 22.7 Å². The normalized spacial score (nSPS) is 16.7. The summed E-state index contributed by atoms with van der Waals surface area (Å²) in [6, 6.07) is 0. The first kappa shape index (κ1) is 16.4. The zero-order valence-corrected chi connectivity index (χ0v) is 12.2. The van der Waals surface area contributed by atoms with Crippen molar-refractivity contribution in [1.29, 1.82) is 0 Å². The maximum atomic E-state index is 11.6. The second-order valence-corrected chi connectivity index (χ2v) is 6.60. The molecule has 6 nitrogen and oxygen atoms in total. The fourth-order valence-corrected chi connectivity index (χ4v) is 3.12. The van der Waals surface area contributed by atoms with Crippen molar-refractivity contribution in [2.45, 2.75) is 44.6 Å². The molecule has 0 saturated heterocycles. The molecule has 0 atom stereocenters. The van der Waals surface area contributed by atoms with Crippen LogP contribution in [0.4, 0.5) is 0 Å².